The number of aromatic nitrogens is 1. The van der Waals surface area contributed by atoms with Crippen molar-refractivity contribution >= 4 is 34.8 Å². The van der Waals surface area contributed by atoms with Gasteiger partial charge in [0.05, 0.1) is 21.9 Å². The molecule has 1 aliphatic carbocycles. The Morgan fingerprint density at radius 2 is 2.17 bits per heavy atom. The first kappa shape index (κ1) is 17.0. The topological polar surface area (TPSA) is 77.2 Å². The van der Waals surface area contributed by atoms with E-state index in [0.29, 0.717) is 21.5 Å². The van der Waals surface area contributed by atoms with E-state index in [0.717, 1.165) is 30.5 Å². The normalized spacial score (nSPS) is 16.4. The van der Waals surface area contributed by atoms with E-state index in [4.69, 9.17) is 33.7 Å². The van der Waals surface area contributed by atoms with Gasteiger partial charge in [-0.3, -0.25) is 9.78 Å². The minimum absolute atomic E-state index is 0.130. The molecule has 1 aromatic heterocycles. The third-order valence-electron chi connectivity index (χ3n) is 3.84. The highest BCUT2D eigenvalue weighted by molar-refractivity contribution is 6.42. The van der Waals surface area contributed by atoms with Crippen molar-refractivity contribution in [1.82, 2.24) is 4.98 Å². The molecule has 24 heavy (non-hydrogen) atoms. The minimum Gasteiger partial charge on any atom is -0.484 e. The highest BCUT2D eigenvalue weighted by Gasteiger charge is 2.17. The van der Waals surface area contributed by atoms with Crippen molar-refractivity contribution in [2.75, 3.05) is 11.9 Å². The first-order chi connectivity index (χ1) is 11.5. The summed E-state index contributed by atoms with van der Waals surface area (Å²) in [5.74, 6) is 0.206. The molecule has 1 aliphatic rings. The summed E-state index contributed by atoms with van der Waals surface area (Å²) in [6.45, 7) is -0.130. The summed E-state index contributed by atoms with van der Waals surface area (Å²) in [5.41, 5.74) is 8.78. The number of aryl methyl sites for hydroxylation is 1. The number of ether oxygens (including phenoxy) is 1. The van der Waals surface area contributed by atoms with Gasteiger partial charge in [-0.25, -0.2) is 0 Å². The zero-order chi connectivity index (χ0) is 17.1. The number of nitrogens with two attached hydrogens (primary N) is 1. The molecule has 3 rings (SSSR count). The lowest BCUT2D eigenvalue weighted by atomic mass is 9.92. The molecule has 3 N–H and O–H groups in total. The van der Waals surface area contributed by atoms with Gasteiger partial charge in [0.2, 0.25) is 0 Å². The molecule has 0 aliphatic heterocycles. The van der Waals surface area contributed by atoms with Crippen molar-refractivity contribution in [3.05, 3.63) is 51.8 Å². The van der Waals surface area contributed by atoms with Gasteiger partial charge in [0, 0.05) is 17.8 Å². The number of halogens is 2. The number of rotatable bonds is 4. The zero-order valence-electron chi connectivity index (χ0n) is 12.9. The summed E-state index contributed by atoms with van der Waals surface area (Å²) in [7, 11) is 0. The van der Waals surface area contributed by atoms with Gasteiger partial charge in [-0.2, -0.15) is 0 Å². The van der Waals surface area contributed by atoms with Crippen LogP contribution < -0.4 is 15.8 Å². The fourth-order valence-electron chi connectivity index (χ4n) is 2.63. The number of anilines is 1. The molecule has 0 saturated heterocycles. The van der Waals surface area contributed by atoms with Crippen LogP contribution in [0.4, 0.5) is 5.69 Å². The van der Waals surface area contributed by atoms with E-state index in [-0.39, 0.29) is 18.6 Å². The van der Waals surface area contributed by atoms with E-state index >= 15 is 0 Å². The number of nitrogens with zero attached hydrogens (tertiary/aromatic N) is 1. The number of hydrogen-bond donors (Lipinski definition) is 2. The maximum atomic E-state index is 12.0. The third kappa shape index (κ3) is 4.17. The molecule has 0 bridgehead atoms. The Morgan fingerprint density at radius 3 is 2.96 bits per heavy atom. The van der Waals surface area contributed by atoms with Crippen molar-refractivity contribution in [1.29, 1.82) is 0 Å². The summed E-state index contributed by atoms with van der Waals surface area (Å²) < 4.78 is 5.41. The van der Waals surface area contributed by atoms with E-state index in [9.17, 15) is 4.79 Å². The minimum atomic E-state index is -0.275. The predicted molar refractivity (Wildman–Crippen MR) is 94.8 cm³/mol. The van der Waals surface area contributed by atoms with Crippen LogP contribution in [0.25, 0.3) is 0 Å². The Morgan fingerprint density at radius 1 is 1.33 bits per heavy atom. The van der Waals surface area contributed by atoms with Crippen LogP contribution in [0.3, 0.4) is 0 Å². The molecular formula is C17H17Cl2N3O2. The number of pyridine rings is 1. The summed E-state index contributed by atoms with van der Waals surface area (Å²) >= 11 is 11.7. The number of amides is 1. The SMILES string of the molecule is NC1CCc2ncc(NC(=O)COc3ccc(Cl)c(Cl)c3)cc2C1. The largest absolute Gasteiger partial charge is 0.484 e. The molecule has 7 heteroatoms. The summed E-state index contributed by atoms with van der Waals surface area (Å²) in [4.78, 5) is 16.4. The van der Waals surface area contributed by atoms with E-state index in [1.807, 2.05) is 6.07 Å². The van der Waals surface area contributed by atoms with Crippen LogP contribution in [0, 0.1) is 0 Å². The van der Waals surface area contributed by atoms with Gasteiger partial charge in [0.1, 0.15) is 5.75 Å². The molecule has 0 spiro atoms. The van der Waals surface area contributed by atoms with Crippen LogP contribution >= 0.6 is 23.2 Å². The maximum Gasteiger partial charge on any atom is 0.262 e. The van der Waals surface area contributed by atoms with Crippen LogP contribution in [-0.2, 0) is 17.6 Å². The van der Waals surface area contributed by atoms with Crippen LogP contribution in [0.2, 0.25) is 10.0 Å². The molecule has 1 atom stereocenters. The second kappa shape index (κ2) is 7.38. The Balaban J connectivity index is 1.58. The van der Waals surface area contributed by atoms with E-state index in [2.05, 4.69) is 10.3 Å². The highest BCUT2D eigenvalue weighted by Crippen LogP contribution is 2.26. The van der Waals surface area contributed by atoms with Crippen molar-refractivity contribution in [2.24, 2.45) is 5.73 Å². The van der Waals surface area contributed by atoms with E-state index < -0.39 is 0 Å². The fraction of sp³-hybridized carbons (Fsp3) is 0.294. The number of fused-ring (bicyclic) bond motifs is 1. The Labute approximate surface area is 150 Å². The number of carbonyl (C=O) groups is 1. The summed E-state index contributed by atoms with van der Waals surface area (Å²) in [5, 5.41) is 3.59. The van der Waals surface area contributed by atoms with Crippen molar-refractivity contribution in [3.8, 4) is 5.75 Å². The van der Waals surface area contributed by atoms with Crippen LogP contribution in [0.5, 0.6) is 5.75 Å². The molecule has 5 nitrogen and oxygen atoms in total. The first-order valence-electron chi connectivity index (χ1n) is 7.62. The van der Waals surface area contributed by atoms with Crippen LogP contribution in [-0.4, -0.2) is 23.5 Å². The number of nitrogens with one attached hydrogen (secondary N) is 1. The van der Waals surface area contributed by atoms with Crippen molar-refractivity contribution < 1.29 is 9.53 Å². The van der Waals surface area contributed by atoms with Crippen LogP contribution in [0.15, 0.2) is 30.5 Å². The third-order valence-corrected chi connectivity index (χ3v) is 4.58. The van der Waals surface area contributed by atoms with Gasteiger partial charge in [0.15, 0.2) is 6.61 Å². The fourth-order valence-corrected chi connectivity index (χ4v) is 2.92. The molecule has 1 aromatic carbocycles. The maximum absolute atomic E-state index is 12.0. The Bertz CT molecular complexity index is 767. The molecule has 126 valence electrons. The molecule has 1 heterocycles. The molecule has 2 aromatic rings. The molecule has 0 fully saturated rings. The average molecular weight is 366 g/mol. The highest BCUT2D eigenvalue weighted by atomic mass is 35.5. The molecule has 0 radical (unpaired) electrons. The molecule has 1 unspecified atom stereocenters. The summed E-state index contributed by atoms with van der Waals surface area (Å²) in [6, 6.07) is 6.93. The van der Waals surface area contributed by atoms with Gasteiger partial charge in [-0.05, 0) is 43.0 Å². The first-order valence-corrected chi connectivity index (χ1v) is 8.38. The lowest BCUT2D eigenvalue weighted by molar-refractivity contribution is -0.118. The van der Waals surface area contributed by atoms with Gasteiger partial charge in [-0.1, -0.05) is 23.2 Å². The predicted octanol–water partition coefficient (Wildman–Crippen LogP) is 3.22. The molecular weight excluding hydrogens is 349 g/mol. The zero-order valence-corrected chi connectivity index (χ0v) is 14.4. The standard InChI is InChI=1S/C17H17Cl2N3O2/c18-14-3-2-13(7-15(14)19)24-9-17(23)22-12-6-10-5-11(20)1-4-16(10)21-8-12/h2-3,6-8,11H,1,4-5,9,20H2,(H,22,23). The van der Waals surface area contributed by atoms with Gasteiger partial charge >= 0.3 is 0 Å². The van der Waals surface area contributed by atoms with Crippen molar-refractivity contribution in [2.45, 2.75) is 25.3 Å². The molecule has 0 saturated carbocycles. The number of benzene rings is 1. The Hall–Kier alpha value is -1.82. The van der Waals surface area contributed by atoms with Gasteiger partial charge in [0.25, 0.3) is 5.91 Å². The number of hydrogen-bond acceptors (Lipinski definition) is 4. The second-order valence-electron chi connectivity index (χ2n) is 5.75. The molecule has 1 amide bonds. The summed E-state index contributed by atoms with van der Waals surface area (Å²) in [6.07, 6.45) is 4.27. The lowest BCUT2D eigenvalue weighted by Crippen LogP contribution is -2.28. The van der Waals surface area contributed by atoms with Crippen molar-refractivity contribution in [3.63, 3.8) is 0 Å². The van der Waals surface area contributed by atoms with E-state index in [1.165, 1.54) is 0 Å². The smallest absolute Gasteiger partial charge is 0.262 e. The second-order valence-corrected chi connectivity index (χ2v) is 6.56. The van der Waals surface area contributed by atoms with Gasteiger partial charge < -0.3 is 15.8 Å². The number of carbonyl (C=O) groups excluding carboxylic acids is 1. The van der Waals surface area contributed by atoms with E-state index in [1.54, 1.807) is 24.4 Å². The monoisotopic (exact) mass is 365 g/mol. The lowest BCUT2D eigenvalue weighted by Gasteiger charge is -2.21. The average Bonchev–Trinajstić information content (AvgIpc) is 2.55. The van der Waals surface area contributed by atoms with Gasteiger partial charge in [-0.15, -0.1) is 0 Å². The Kier molecular flexibility index (Phi) is 5.23. The van der Waals surface area contributed by atoms with Crippen LogP contribution in [0.1, 0.15) is 17.7 Å². The quantitative estimate of drug-likeness (QED) is 0.871.